The number of imide groups is 1. The van der Waals surface area contributed by atoms with Crippen LogP contribution in [0.3, 0.4) is 0 Å². The number of hydrogen-bond donors (Lipinski definition) is 2. The van der Waals surface area contributed by atoms with Crippen LogP contribution in [0.2, 0.25) is 0 Å². The number of urea groups is 1. The molecule has 0 radical (unpaired) electrons. The summed E-state index contributed by atoms with van der Waals surface area (Å²) in [6, 6.07) is 16.1. The molecule has 3 amide bonds. The molecule has 2 aromatic carbocycles. The molecule has 7 heteroatoms. The molecule has 1 atom stereocenters. The molecule has 0 bridgehead atoms. The molecule has 25 heavy (non-hydrogen) atoms. The fraction of sp³-hybridized carbons (Fsp3) is 0.167. The molecule has 3 rings (SSSR count). The Hall–Kier alpha value is -2.80. The predicted octanol–water partition coefficient (Wildman–Crippen LogP) is 3.51. The molecule has 0 aliphatic carbocycles. The van der Waals surface area contributed by atoms with Gasteiger partial charge in [0, 0.05) is 6.54 Å². The summed E-state index contributed by atoms with van der Waals surface area (Å²) in [7, 11) is 0. The van der Waals surface area contributed by atoms with E-state index in [9.17, 15) is 9.59 Å². The Kier molecular flexibility index (Phi) is 5.35. The van der Waals surface area contributed by atoms with E-state index in [1.807, 2.05) is 54.6 Å². The number of amides is 3. The molecule has 3 aromatic rings. The van der Waals surface area contributed by atoms with Gasteiger partial charge < -0.3 is 9.73 Å². The first-order valence-corrected chi connectivity index (χ1v) is 8.71. The first-order chi connectivity index (χ1) is 12.2. The van der Waals surface area contributed by atoms with Gasteiger partial charge >= 0.3 is 6.03 Å². The van der Waals surface area contributed by atoms with Gasteiger partial charge in [0.1, 0.15) is 10.8 Å². The molecular formula is C18H17N3O3S. The number of fused-ring (bicyclic) bond motifs is 1. The van der Waals surface area contributed by atoms with Crippen molar-refractivity contribution in [3.05, 3.63) is 60.2 Å². The highest BCUT2D eigenvalue weighted by Crippen LogP contribution is 2.36. The third kappa shape index (κ3) is 4.19. The monoisotopic (exact) mass is 355 g/mol. The Morgan fingerprint density at radius 3 is 2.56 bits per heavy atom. The molecule has 1 heterocycles. The molecule has 0 fully saturated rings. The number of rotatable bonds is 5. The van der Waals surface area contributed by atoms with Gasteiger partial charge in [-0.25, -0.2) is 9.78 Å². The number of para-hydroxylation sites is 2. The van der Waals surface area contributed by atoms with Crippen LogP contribution in [0.15, 0.2) is 64.2 Å². The minimum atomic E-state index is -0.656. The molecule has 0 saturated carbocycles. The minimum Gasteiger partial charge on any atom is -0.431 e. The predicted molar refractivity (Wildman–Crippen MR) is 96.3 cm³/mol. The van der Waals surface area contributed by atoms with Crippen LogP contribution in [0.4, 0.5) is 4.79 Å². The lowest BCUT2D eigenvalue weighted by Crippen LogP contribution is -2.41. The standard InChI is InChI=1S/C18H17N3O3S/c1-2-19-17(23)21-16(22)15(12-8-4-3-5-9-12)25-18-20-13-10-6-7-11-14(13)24-18/h3-11,15H,2H2,1H3,(H2,19,21,22,23)/t15-/m0/s1. The topological polar surface area (TPSA) is 84.2 Å². The van der Waals surface area contributed by atoms with Crippen molar-refractivity contribution in [1.82, 2.24) is 15.6 Å². The van der Waals surface area contributed by atoms with Gasteiger partial charge in [-0.05, 0) is 36.4 Å². The van der Waals surface area contributed by atoms with Crippen molar-refractivity contribution in [1.29, 1.82) is 0 Å². The van der Waals surface area contributed by atoms with Gasteiger partial charge in [0.25, 0.3) is 5.22 Å². The van der Waals surface area contributed by atoms with Crippen molar-refractivity contribution in [2.75, 3.05) is 6.54 Å². The van der Waals surface area contributed by atoms with Gasteiger partial charge in [-0.1, -0.05) is 42.5 Å². The summed E-state index contributed by atoms with van der Waals surface area (Å²) in [5, 5.41) is 4.62. The maximum absolute atomic E-state index is 12.6. The van der Waals surface area contributed by atoms with Crippen LogP contribution in [0.5, 0.6) is 0 Å². The Labute approximate surface area is 149 Å². The van der Waals surface area contributed by atoms with Gasteiger partial charge in [-0.3, -0.25) is 10.1 Å². The van der Waals surface area contributed by atoms with E-state index in [0.29, 0.717) is 17.4 Å². The van der Waals surface area contributed by atoms with E-state index in [2.05, 4.69) is 15.6 Å². The average molecular weight is 355 g/mol. The minimum absolute atomic E-state index is 0.376. The Bertz CT molecular complexity index is 846. The van der Waals surface area contributed by atoms with E-state index >= 15 is 0 Å². The number of oxazole rings is 1. The third-order valence-electron chi connectivity index (χ3n) is 3.41. The molecule has 2 N–H and O–H groups in total. The van der Waals surface area contributed by atoms with Crippen molar-refractivity contribution in [2.45, 2.75) is 17.4 Å². The van der Waals surface area contributed by atoms with Crippen LogP contribution in [0.25, 0.3) is 11.1 Å². The number of aromatic nitrogens is 1. The summed E-state index contributed by atoms with van der Waals surface area (Å²) in [4.78, 5) is 28.7. The van der Waals surface area contributed by atoms with Crippen LogP contribution < -0.4 is 10.6 Å². The van der Waals surface area contributed by atoms with Crippen molar-refractivity contribution in [2.24, 2.45) is 0 Å². The van der Waals surface area contributed by atoms with Crippen LogP contribution in [0.1, 0.15) is 17.7 Å². The molecule has 0 aliphatic heterocycles. The molecule has 0 saturated heterocycles. The fourth-order valence-corrected chi connectivity index (χ4v) is 3.24. The Morgan fingerprint density at radius 2 is 1.84 bits per heavy atom. The number of nitrogens with zero attached hydrogens (tertiary/aromatic N) is 1. The van der Waals surface area contributed by atoms with Crippen molar-refractivity contribution in [3.8, 4) is 0 Å². The smallest absolute Gasteiger partial charge is 0.321 e. The molecule has 0 spiro atoms. The van der Waals surface area contributed by atoms with Gasteiger partial charge in [-0.15, -0.1) is 0 Å². The van der Waals surface area contributed by atoms with E-state index in [0.717, 1.165) is 11.1 Å². The lowest BCUT2D eigenvalue weighted by Gasteiger charge is -2.14. The molecule has 0 aliphatic rings. The second-order valence-corrected chi connectivity index (χ2v) is 6.26. The number of benzene rings is 2. The largest absolute Gasteiger partial charge is 0.431 e. The van der Waals surface area contributed by atoms with Gasteiger partial charge in [0.15, 0.2) is 5.58 Å². The zero-order chi connectivity index (χ0) is 17.6. The lowest BCUT2D eigenvalue weighted by molar-refractivity contribution is -0.119. The molecule has 0 unspecified atom stereocenters. The van der Waals surface area contributed by atoms with Gasteiger partial charge in [0.05, 0.1) is 0 Å². The summed E-state index contributed by atoms with van der Waals surface area (Å²) >= 11 is 1.17. The van der Waals surface area contributed by atoms with Crippen molar-refractivity contribution in [3.63, 3.8) is 0 Å². The quantitative estimate of drug-likeness (QED) is 0.684. The van der Waals surface area contributed by atoms with Gasteiger partial charge in [0.2, 0.25) is 5.91 Å². The second-order valence-electron chi connectivity index (χ2n) is 5.20. The van der Waals surface area contributed by atoms with Crippen molar-refractivity contribution < 1.29 is 14.0 Å². The van der Waals surface area contributed by atoms with E-state index < -0.39 is 17.2 Å². The van der Waals surface area contributed by atoms with E-state index in [-0.39, 0.29) is 0 Å². The normalized spacial score (nSPS) is 11.9. The summed E-state index contributed by atoms with van der Waals surface area (Å²) in [6.07, 6.45) is 0. The maximum Gasteiger partial charge on any atom is 0.321 e. The summed E-state index contributed by atoms with van der Waals surface area (Å²) in [6.45, 7) is 2.22. The SMILES string of the molecule is CCNC(=O)NC(=O)[C@@H](Sc1nc2ccccc2o1)c1ccccc1. The number of carbonyl (C=O) groups excluding carboxylic acids is 2. The third-order valence-corrected chi connectivity index (χ3v) is 4.51. The summed E-state index contributed by atoms with van der Waals surface area (Å²) in [5.41, 5.74) is 2.14. The van der Waals surface area contributed by atoms with Crippen LogP contribution >= 0.6 is 11.8 Å². The van der Waals surface area contributed by atoms with Gasteiger partial charge in [-0.2, -0.15) is 0 Å². The number of hydrogen-bond acceptors (Lipinski definition) is 5. The van der Waals surface area contributed by atoms with E-state index in [1.54, 1.807) is 6.92 Å². The number of carbonyl (C=O) groups is 2. The number of thioether (sulfide) groups is 1. The van der Waals surface area contributed by atoms with Crippen molar-refractivity contribution >= 4 is 34.8 Å². The molecule has 6 nitrogen and oxygen atoms in total. The average Bonchev–Trinajstić information content (AvgIpc) is 3.03. The molecule has 1 aromatic heterocycles. The highest BCUT2D eigenvalue weighted by atomic mass is 32.2. The molecular weight excluding hydrogens is 338 g/mol. The fourth-order valence-electron chi connectivity index (χ4n) is 2.29. The Balaban J connectivity index is 1.85. The number of nitrogens with one attached hydrogen (secondary N) is 2. The maximum atomic E-state index is 12.6. The van der Waals surface area contributed by atoms with E-state index in [1.165, 1.54) is 11.8 Å². The zero-order valence-electron chi connectivity index (χ0n) is 13.6. The van der Waals surface area contributed by atoms with Crippen LogP contribution in [0, 0.1) is 0 Å². The lowest BCUT2D eigenvalue weighted by atomic mass is 10.1. The highest BCUT2D eigenvalue weighted by molar-refractivity contribution is 8.00. The first kappa shape index (κ1) is 17.0. The first-order valence-electron chi connectivity index (χ1n) is 7.83. The summed E-state index contributed by atoms with van der Waals surface area (Å²) in [5.74, 6) is -0.426. The summed E-state index contributed by atoms with van der Waals surface area (Å²) < 4.78 is 5.69. The second kappa shape index (κ2) is 7.85. The highest BCUT2D eigenvalue weighted by Gasteiger charge is 2.26. The van der Waals surface area contributed by atoms with Crippen LogP contribution in [-0.4, -0.2) is 23.5 Å². The molecule has 128 valence electrons. The van der Waals surface area contributed by atoms with E-state index in [4.69, 9.17) is 4.42 Å². The Morgan fingerprint density at radius 1 is 1.12 bits per heavy atom. The zero-order valence-corrected chi connectivity index (χ0v) is 14.4. The van der Waals surface area contributed by atoms with Crippen LogP contribution in [-0.2, 0) is 4.79 Å².